The van der Waals surface area contributed by atoms with Crippen LogP contribution in [0.3, 0.4) is 0 Å². The average Bonchev–Trinajstić information content (AvgIpc) is 1.59. The molecule has 5 aliphatic rings. The van der Waals surface area contributed by atoms with Crippen molar-refractivity contribution in [3.63, 3.8) is 0 Å². The van der Waals surface area contributed by atoms with E-state index in [2.05, 4.69) is 75.6 Å². The van der Waals surface area contributed by atoms with Crippen LogP contribution in [0.1, 0.15) is 138 Å². The molecule has 502 valence electrons. The lowest BCUT2D eigenvalue weighted by atomic mass is 9.80. The fraction of sp³-hybridized carbons (Fsp3) is 0.457. The van der Waals surface area contributed by atoms with Gasteiger partial charge in [0.15, 0.2) is 23.0 Å². The van der Waals surface area contributed by atoms with Crippen molar-refractivity contribution in [1.29, 1.82) is 10.5 Å². The number of nitriles is 2. The molecule has 96 heavy (non-hydrogen) atoms. The Morgan fingerprint density at radius 3 is 1.49 bits per heavy atom. The molecule has 0 spiro atoms. The Morgan fingerprint density at radius 2 is 1.07 bits per heavy atom. The highest BCUT2D eigenvalue weighted by molar-refractivity contribution is 9.10. The summed E-state index contributed by atoms with van der Waals surface area (Å²) in [7, 11) is -0.420. The van der Waals surface area contributed by atoms with Gasteiger partial charge in [-0.25, -0.2) is 37.7 Å². The van der Waals surface area contributed by atoms with Gasteiger partial charge in [-0.05, 0) is 203 Å². The molecule has 8 aromatic rings. The molecule has 8 aromatic heterocycles. The summed E-state index contributed by atoms with van der Waals surface area (Å²) in [5.41, 5.74) is 2.24. The summed E-state index contributed by atoms with van der Waals surface area (Å²) in [4.78, 5) is 47.9. The Bertz CT molecular complexity index is 4290. The number of pyridine rings is 6. The van der Waals surface area contributed by atoms with Crippen molar-refractivity contribution in [2.45, 2.75) is 142 Å². The lowest BCUT2D eigenvalue weighted by molar-refractivity contribution is 0.00578. The second-order valence-corrected chi connectivity index (χ2v) is 29.8. The maximum absolute atomic E-state index is 14.2. The number of halogens is 3. The van der Waals surface area contributed by atoms with Gasteiger partial charge in [-0.1, -0.05) is 6.07 Å². The summed E-state index contributed by atoms with van der Waals surface area (Å²) >= 11 is 3.38. The molecule has 3 saturated heterocycles. The number of fused-ring (bicyclic) bond motifs is 4. The average molecular weight is 1370 g/mol. The molecule has 5 fully saturated rings. The first-order chi connectivity index (χ1) is 45.2. The minimum Gasteiger partial charge on any atom is -0.489 e. The molecule has 4 unspecified atom stereocenters. The van der Waals surface area contributed by atoms with Gasteiger partial charge in [0, 0.05) is 82.1 Å². The summed E-state index contributed by atoms with van der Waals surface area (Å²) in [5.74, 6) is 2.41. The van der Waals surface area contributed by atoms with Crippen LogP contribution in [0.2, 0.25) is 0 Å². The molecule has 22 nitrogen and oxygen atoms in total. The molecule has 4 atom stereocenters. The molecule has 0 aromatic carbocycles. The Hall–Kier alpha value is -8.66. The van der Waals surface area contributed by atoms with E-state index in [1.54, 1.807) is 87.4 Å². The van der Waals surface area contributed by atoms with Gasteiger partial charge in [-0.2, -0.15) is 20.7 Å². The number of ether oxygens (including phenoxy) is 2. The van der Waals surface area contributed by atoms with Gasteiger partial charge >= 0.3 is 7.12 Å². The first-order valence-electron chi connectivity index (χ1n) is 32.1. The minimum absolute atomic E-state index is 0.0984. The Morgan fingerprint density at radius 1 is 0.646 bits per heavy atom. The summed E-state index contributed by atoms with van der Waals surface area (Å²) in [5, 5.41) is 52.9. The van der Waals surface area contributed by atoms with Gasteiger partial charge in [0.1, 0.15) is 48.5 Å². The number of carbonyl (C=O) groups excluding carboxylic acids is 2. The molecule has 13 rings (SSSR count). The number of nitrogens with one attached hydrogen (secondary N) is 2. The molecule has 2 amide bonds. The maximum Gasteiger partial charge on any atom is 0.496 e. The summed E-state index contributed by atoms with van der Waals surface area (Å²) in [6.45, 7) is 26.1. The van der Waals surface area contributed by atoms with E-state index in [9.17, 15) is 33.8 Å². The smallest absolute Gasteiger partial charge is 0.489 e. The highest BCUT2D eigenvalue weighted by Gasteiger charge is 2.53. The lowest BCUT2D eigenvalue weighted by Crippen LogP contribution is -2.45. The molecular weight excluding hydrogens is 1290 g/mol. The highest BCUT2D eigenvalue weighted by Crippen LogP contribution is 2.47. The molecule has 2 saturated carbocycles. The van der Waals surface area contributed by atoms with E-state index in [1.165, 1.54) is 24.5 Å². The van der Waals surface area contributed by atoms with Gasteiger partial charge in [0.05, 0.1) is 69.4 Å². The van der Waals surface area contributed by atoms with Crippen molar-refractivity contribution < 1.29 is 47.4 Å². The summed E-state index contributed by atoms with van der Waals surface area (Å²) in [6, 6.07) is 21.6. The van der Waals surface area contributed by atoms with Gasteiger partial charge in [0.2, 0.25) is 0 Å². The van der Waals surface area contributed by atoms with E-state index < -0.39 is 47.3 Å². The predicted molar refractivity (Wildman–Crippen MR) is 361 cm³/mol. The maximum atomic E-state index is 14.2. The van der Waals surface area contributed by atoms with Gasteiger partial charge in [-0.15, -0.1) is 0 Å². The first kappa shape index (κ1) is 68.7. The van der Waals surface area contributed by atoms with Crippen molar-refractivity contribution in [2.75, 3.05) is 49.2 Å². The third kappa shape index (κ3) is 15.1. The zero-order chi connectivity index (χ0) is 69.0. The number of anilines is 2. The van der Waals surface area contributed by atoms with Gasteiger partial charge in [-0.3, -0.25) is 9.59 Å². The fourth-order valence-corrected chi connectivity index (χ4v) is 14.2. The number of hydrogen-bond acceptors (Lipinski definition) is 18. The van der Waals surface area contributed by atoms with Crippen LogP contribution < -0.4 is 35.4 Å². The molecular formula is C70H80BBrF2N14O8. The van der Waals surface area contributed by atoms with Crippen LogP contribution in [-0.2, 0) is 9.31 Å². The zero-order valence-electron chi connectivity index (χ0n) is 56.0. The molecule has 0 bridgehead atoms. The van der Waals surface area contributed by atoms with E-state index in [-0.39, 0.29) is 41.3 Å². The van der Waals surface area contributed by atoms with Crippen molar-refractivity contribution in [2.24, 2.45) is 23.7 Å². The standard InChI is InChI=1S/C32H34FN7O3.C26H34BFN4O3.C12H12BrN3O2/c1-19-5-7-26(33)28(37-19)30(41)38-32(4)10-21-15-39(16-22(21)11-32)27-8-6-20(13-35-27)25-9-24(43-18-31(2,3)42)17-40-29(25)23(12-34)14-36-40;1-16-7-9-20(28)22(30-16)23(33)31-26(6)11-17-14-32(15-18(17)12-26)21-10-8-19(13-29-21)27-34-24(2,3)25(4,5)35-27;1-12(2,17)7-18-9-3-10(13)11-8(4-14)5-15-16(11)6-9/h5-9,13-14,17,21-22,42H,10-11,15-16,18H2,1-4H3,(H,38,41);7-10,13,17-18H,11-12,14-15H2,1-6H3,(H,31,33);3,5-6,17H,7H2,1-2H3. The van der Waals surface area contributed by atoms with Crippen molar-refractivity contribution in [1.82, 2.24) is 49.8 Å². The molecule has 3 aliphatic heterocycles. The van der Waals surface area contributed by atoms with Crippen LogP contribution in [0.25, 0.3) is 22.2 Å². The molecule has 0 radical (unpaired) electrons. The number of nitrogens with zero attached hydrogens (tertiary/aromatic N) is 12. The van der Waals surface area contributed by atoms with Gasteiger partial charge in [0.25, 0.3) is 11.8 Å². The summed E-state index contributed by atoms with van der Waals surface area (Å²) < 4.78 is 55.9. The quantitative estimate of drug-likeness (QED) is 0.0737. The van der Waals surface area contributed by atoms with Crippen molar-refractivity contribution >= 4 is 63.0 Å². The van der Waals surface area contributed by atoms with Crippen LogP contribution in [0, 0.1) is 71.8 Å². The topological polar surface area (TPSA) is 276 Å². The van der Waals surface area contributed by atoms with Crippen LogP contribution in [0.4, 0.5) is 20.4 Å². The number of aliphatic hydroxyl groups is 2. The SMILES string of the molecule is CC(C)(O)COc1cc(Br)c2c(C#N)cnn2c1.Cc1ccc(F)c(C(=O)NC2(C)CC3CN(c4ccc(-c5cc(OCC(C)(C)O)cn6ncc(C#N)c56)cn4)CC3C2)n1.Cc1ccc(F)c(C(=O)NC2(C)CC3CN(c4ccc(B5OC(C)(C)C(C)(C)O5)cn4)CC3C2)n1. The Balaban J connectivity index is 0.000000158. The molecule has 2 aliphatic carbocycles. The van der Waals surface area contributed by atoms with Crippen LogP contribution in [-0.4, -0.2) is 141 Å². The number of aryl methyl sites for hydroxylation is 2. The molecule has 26 heteroatoms. The third-order valence-electron chi connectivity index (χ3n) is 18.8. The first-order valence-corrected chi connectivity index (χ1v) is 32.9. The van der Waals surface area contributed by atoms with E-state index in [0.29, 0.717) is 68.7 Å². The van der Waals surface area contributed by atoms with E-state index in [1.807, 2.05) is 71.1 Å². The summed E-state index contributed by atoms with van der Waals surface area (Å²) in [6.07, 6.45) is 13.3. The van der Waals surface area contributed by atoms with Gasteiger partial charge < -0.3 is 49.4 Å². The number of amides is 2. The van der Waals surface area contributed by atoms with E-state index in [0.717, 1.165) is 84.6 Å². The lowest BCUT2D eigenvalue weighted by Gasteiger charge is -2.32. The second kappa shape index (κ2) is 26.4. The number of carbonyl (C=O) groups is 2. The Kier molecular flexibility index (Phi) is 18.9. The predicted octanol–water partition coefficient (Wildman–Crippen LogP) is 9.67. The monoisotopic (exact) mass is 1370 g/mol. The van der Waals surface area contributed by atoms with Crippen LogP contribution >= 0.6 is 15.9 Å². The minimum atomic E-state index is -1.01. The fourth-order valence-electron chi connectivity index (χ4n) is 13.6. The van der Waals surface area contributed by atoms with E-state index in [4.69, 9.17) is 34.0 Å². The van der Waals surface area contributed by atoms with Crippen molar-refractivity contribution in [3.05, 3.63) is 148 Å². The number of aromatic nitrogens is 8. The highest BCUT2D eigenvalue weighted by atomic mass is 79.9. The van der Waals surface area contributed by atoms with Crippen LogP contribution in [0.5, 0.6) is 11.5 Å². The molecule has 11 heterocycles. The second-order valence-electron chi connectivity index (χ2n) is 28.9. The van der Waals surface area contributed by atoms with Crippen LogP contribution in [0.15, 0.2) is 102 Å². The number of rotatable bonds is 14. The zero-order valence-corrected chi connectivity index (χ0v) is 57.6. The Labute approximate surface area is 565 Å². The third-order valence-corrected chi connectivity index (χ3v) is 19.4. The van der Waals surface area contributed by atoms with Crippen molar-refractivity contribution in [3.8, 4) is 34.8 Å². The number of hydrogen-bond donors (Lipinski definition) is 4. The largest absolute Gasteiger partial charge is 0.496 e. The normalized spacial score (nSPS) is 22.3. The molecule has 4 N–H and O–H groups in total. The van der Waals surface area contributed by atoms with E-state index >= 15 is 0 Å².